The molecule has 0 fully saturated rings. The lowest BCUT2D eigenvalue weighted by Crippen LogP contribution is -2.11. The molecule has 0 N–H and O–H groups in total. The summed E-state index contributed by atoms with van der Waals surface area (Å²) in [7, 11) is 1.29. The molecule has 0 bridgehead atoms. The van der Waals surface area contributed by atoms with Gasteiger partial charge in [-0.1, -0.05) is 11.6 Å². The maximum absolute atomic E-state index is 12.9. The molecule has 0 saturated carbocycles. The van der Waals surface area contributed by atoms with E-state index >= 15 is 0 Å². The van der Waals surface area contributed by atoms with Gasteiger partial charge in [-0.3, -0.25) is 9.78 Å². The molecule has 0 unspecified atom stereocenters. The molecule has 18 heavy (non-hydrogen) atoms. The fraction of sp³-hybridized carbons (Fsp3) is 0.455. The Bertz CT molecular complexity index is 441. The van der Waals surface area contributed by atoms with Crippen molar-refractivity contribution in [2.24, 2.45) is 0 Å². The van der Waals surface area contributed by atoms with Gasteiger partial charge in [0.15, 0.2) is 5.75 Å². The van der Waals surface area contributed by atoms with Gasteiger partial charge in [0.05, 0.1) is 42.6 Å². The molecule has 0 radical (unpaired) electrons. The summed E-state index contributed by atoms with van der Waals surface area (Å²) in [4.78, 5) is 15.0. The summed E-state index contributed by atoms with van der Waals surface area (Å²) in [6, 6.07) is 0. The first-order valence-electron chi connectivity index (χ1n) is 5.16. The van der Waals surface area contributed by atoms with Crippen molar-refractivity contribution in [2.45, 2.75) is 19.8 Å². The van der Waals surface area contributed by atoms with E-state index in [0.29, 0.717) is 0 Å². The predicted molar refractivity (Wildman–Crippen MR) is 61.1 cm³/mol. The lowest BCUT2D eigenvalue weighted by Gasteiger charge is -2.12. The van der Waals surface area contributed by atoms with E-state index in [4.69, 9.17) is 16.3 Å². The number of esters is 1. The fourth-order valence-electron chi connectivity index (χ4n) is 1.38. The molecule has 4 nitrogen and oxygen atoms in total. The second-order valence-corrected chi connectivity index (χ2v) is 3.66. The fourth-order valence-corrected chi connectivity index (χ4v) is 1.69. The van der Waals surface area contributed by atoms with Gasteiger partial charge in [0, 0.05) is 0 Å². The van der Waals surface area contributed by atoms with Crippen LogP contribution in [0.25, 0.3) is 0 Å². The highest BCUT2D eigenvalue weighted by molar-refractivity contribution is 6.32. The molecular formula is C11H12ClF2NO3. The summed E-state index contributed by atoms with van der Waals surface area (Å²) in [6.45, 7) is 1.80. The highest BCUT2D eigenvalue weighted by atomic mass is 35.5. The van der Waals surface area contributed by atoms with Crippen molar-refractivity contribution in [2.75, 3.05) is 13.7 Å². The Morgan fingerprint density at radius 2 is 2.22 bits per heavy atom. The minimum absolute atomic E-state index is 0.0413. The van der Waals surface area contributed by atoms with Gasteiger partial charge >= 0.3 is 5.97 Å². The maximum atomic E-state index is 12.9. The number of alkyl halides is 2. The summed E-state index contributed by atoms with van der Waals surface area (Å²) < 4.78 is 35.3. The van der Waals surface area contributed by atoms with E-state index in [2.05, 4.69) is 9.72 Å². The standard InChI is InChI=1S/C11H12ClF2NO3/c1-3-18-8(16)4-6-9(11(13)14)10(12)7(17-2)5-15-6/h5,11H,3-4H2,1-2H3. The molecule has 0 spiro atoms. The topological polar surface area (TPSA) is 48.4 Å². The van der Waals surface area contributed by atoms with Crippen LogP contribution in [0.1, 0.15) is 24.6 Å². The van der Waals surface area contributed by atoms with Crippen LogP contribution in [0.15, 0.2) is 6.20 Å². The monoisotopic (exact) mass is 279 g/mol. The molecule has 1 heterocycles. The SMILES string of the molecule is CCOC(=O)Cc1ncc(OC)c(Cl)c1C(F)F. The molecular weight excluding hydrogens is 268 g/mol. The number of halogens is 3. The lowest BCUT2D eigenvalue weighted by molar-refractivity contribution is -0.142. The third kappa shape index (κ3) is 3.29. The number of pyridine rings is 1. The molecule has 1 rings (SSSR count). The number of carbonyl (C=O) groups excluding carboxylic acids is 1. The zero-order chi connectivity index (χ0) is 13.7. The minimum atomic E-state index is -2.84. The minimum Gasteiger partial charge on any atom is -0.494 e. The van der Waals surface area contributed by atoms with Crippen molar-refractivity contribution in [3.63, 3.8) is 0 Å². The summed E-state index contributed by atoms with van der Waals surface area (Å²) in [6.07, 6.45) is -2.00. The summed E-state index contributed by atoms with van der Waals surface area (Å²) in [5.41, 5.74) is -0.599. The van der Waals surface area contributed by atoms with Crippen LogP contribution in [0.4, 0.5) is 8.78 Å². The quantitative estimate of drug-likeness (QED) is 0.778. The van der Waals surface area contributed by atoms with Crippen molar-refractivity contribution < 1.29 is 23.0 Å². The Labute approximate surface area is 108 Å². The van der Waals surface area contributed by atoms with Crippen molar-refractivity contribution in [1.29, 1.82) is 0 Å². The van der Waals surface area contributed by atoms with E-state index in [1.54, 1.807) is 6.92 Å². The van der Waals surface area contributed by atoms with Crippen molar-refractivity contribution in [1.82, 2.24) is 4.98 Å². The molecule has 0 aliphatic rings. The third-order valence-corrected chi connectivity index (χ3v) is 2.55. The number of carbonyl (C=O) groups is 1. The second-order valence-electron chi connectivity index (χ2n) is 3.28. The maximum Gasteiger partial charge on any atom is 0.311 e. The van der Waals surface area contributed by atoms with Crippen LogP contribution in [-0.4, -0.2) is 24.7 Å². The van der Waals surface area contributed by atoms with Gasteiger partial charge in [0.25, 0.3) is 6.43 Å². The lowest BCUT2D eigenvalue weighted by atomic mass is 10.1. The molecule has 1 aromatic rings. The Morgan fingerprint density at radius 3 is 2.72 bits per heavy atom. The summed E-state index contributed by atoms with van der Waals surface area (Å²) in [5.74, 6) is -0.590. The molecule has 0 amide bonds. The van der Waals surface area contributed by atoms with Crippen molar-refractivity contribution >= 4 is 17.6 Å². The number of hydrogen-bond donors (Lipinski definition) is 0. The van der Waals surface area contributed by atoms with E-state index in [0.717, 1.165) is 0 Å². The Kier molecular flexibility index (Phi) is 5.27. The first-order valence-corrected chi connectivity index (χ1v) is 5.54. The largest absolute Gasteiger partial charge is 0.494 e. The Hall–Kier alpha value is -1.43. The number of methoxy groups -OCH3 is 1. The molecule has 0 aliphatic heterocycles. The van der Waals surface area contributed by atoms with E-state index in [1.165, 1.54) is 13.3 Å². The molecule has 0 atom stereocenters. The molecule has 7 heteroatoms. The normalized spacial score (nSPS) is 10.6. The Morgan fingerprint density at radius 1 is 1.56 bits per heavy atom. The molecule has 1 aromatic heterocycles. The van der Waals surface area contributed by atoms with Crippen molar-refractivity contribution in [3.8, 4) is 5.75 Å². The average Bonchev–Trinajstić information content (AvgIpc) is 2.29. The highest BCUT2D eigenvalue weighted by Crippen LogP contribution is 2.35. The van der Waals surface area contributed by atoms with Gasteiger partial charge in [0.1, 0.15) is 0 Å². The highest BCUT2D eigenvalue weighted by Gasteiger charge is 2.23. The van der Waals surface area contributed by atoms with Gasteiger partial charge in [0.2, 0.25) is 0 Å². The first kappa shape index (κ1) is 14.6. The molecule has 0 aliphatic carbocycles. The smallest absolute Gasteiger partial charge is 0.311 e. The number of rotatable bonds is 5. The van der Waals surface area contributed by atoms with E-state index in [9.17, 15) is 13.6 Å². The van der Waals surface area contributed by atoms with Gasteiger partial charge in [-0.25, -0.2) is 8.78 Å². The van der Waals surface area contributed by atoms with E-state index < -0.39 is 18.0 Å². The van der Waals surface area contributed by atoms with Gasteiger partial charge < -0.3 is 9.47 Å². The zero-order valence-electron chi connectivity index (χ0n) is 9.87. The van der Waals surface area contributed by atoms with E-state index in [-0.39, 0.29) is 29.5 Å². The van der Waals surface area contributed by atoms with Crippen molar-refractivity contribution in [3.05, 3.63) is 22.5 Å². The summed E-state index contributed by atoms with van der Waals surface area (Å²) >= 11 is 5.77. The van der Waals surface area contributed by atoms with Crippen LogP contribution in [0, 0.1) is 0 Å². The Balaban J connectivity index is 3.11. The number of ether oxygens (including phenoxy) is 2. The molecule has 100 valence electrons. The van der Waals surface area contributed by atoms with E-state index in [1.807, 2.05) is 0 Å². The van der Waals surface area contributed by atoms with Gasteiger partial charge in [-0.15, -0.1) is 0 Å². The third-order valence-electron chi connectivity index (χ3n) is 2.16. The molecule has 0 saturated heterocycles. The average molecular weight is 280 g/mol. The van der Waals surface area contributed by atoms with Crippen LogP contribution < -0.4 is 4.74 Å². The summed E-state index contributed by atoms with van der Waals surface area (Å²) in [5, 5.41) is -0.234. The van der Waals surface area contributed by atoms with Crippen LogP contribution >= 0.6 is 11.6 Å². The number of nitrogens with zero attached hydrogens (tertiary/aromatic N) is 1. The number of aromatic nitrogens is 1. The van der Waals surface area contributed by atoms with Gasteiger partial charge in [-0.05, 0) is 6.92 Å². The van der Waals surface area contributed by atoms with Crippen LogP contribution in [0.3, 0.4) is 0 Å². The zero-order valence-corrected chi connectivity index (χ0v) is 10.6. The van der Waals surface area contributed by atoms with Gasteiger partial charge in [-0.2, -0.15) is 0 Å². The van der Waals surface area contributed by atoms with Crippen LogP contribution in [0.5, 0.6) is 5.75 Å². The molecule has 0 aromatic carbocycles. The van der Waals surface area contributed by atoms with Crippen LogP contribution in [-0.2, 0) is 16.0 Å². The second kappa shape index (κ2) is 6.49. The number of hydrogen-bond acceptors (Lipinski definition) is 4. The first-order chi connectivity index (χ1) is 8.51. The predicted octanol–water partition coefficient (Wildman–Crippen LogP) is 2.79. The van der Waals surface area contributed by atoms with Crippen LogP contribution in [0.2, 0.25) is 5.02 Å².